The van der Waals surface area contributed by atoms with Crippen molar-refractivity contribution < 1.29 is 13.6 Å². The van der Waals surface area contributed by atoms with E-state index in [-0.39, 0.29) is 6.41 Å². The van der Waals surface area contributed by atoms with Crippen molar-refractivity contribution in [3.05, 3.63) is 0 Å². The predicted molar refractivity (Wildman–Crippen MR) is 21.7 cm³/mol. The molecule has 0 aromatic heterocycles. The highest BCUT2D eigenvalue weighted by Crippen LogP contribution is 1.72. The third-order valence-electron chi connectivity index (χ3n) is 0.164. The molecule has 0 aliphatic heterocycles. The van der Waals surface area contributed by atoms with Crippen LogP contribution in [0.1, 0.15) is 0 Å². The molecule has 0 aromatic carbocycles. The molecule has 7 heavy (non-hydrogen) atoms. The van der Waals surface area contributed by atoms with Crippen LogP contribution in [0.5, 0.6) is 0 Å². The lowest BCUT2D eigenvalue weighted by molar-refractivity contribution is -0.107. The summed E-state index contributed by atoms with van der Waals surface area (Å²) in [5.41, 5.74) is 0. The van der Waals surface area contributed by atoms with Gasteiger partial charge in [-0.1, -0.05) is 4.52 Å². The molecule has 0 saturated heterocycles. The van der Waals surface area contributed by atoms with Crippen molar-refractivity contribution in [2.45, 2.75) is 0 Å². The number of carbonyl (C=O) groups excluding carboxylic acids is 1. The van der Waals surface area contributed by atoms with Crippen LogP contribution in [0.3, 0.4) is 0 Å². The number of hydrogen-bond donors (Lipinski definition) is 1. The zero-order valence-electron chi connectivity index (χ0n) is 3.14. The topological polar surface area (TPSA) is 79.1 Å². The smallest absolute Gasteiger partial charge is 0.287 e. The first-order valence-corrected chi connectivity index (χ1v) is 2.29. The first-order chi connectivity index (χ1) is 3.27. The van der Waals surface area contributed by atoms with Crippen molar-refractivity contribution in [1.82, 2.24) is 0 Å². The zero-order chi connectivity index (χ0) is 5.70. The fourth-order valence-electron chi connectivity index (χ4n) is 0.0596. The highest BCUT2D eigenvalue weighted by molar-refractivity contribution is 7.77. The minimum Gasteiger partial charge on any atom is -0.287 e. The van der Waals surface area contributed by atoms with E-state index in [1.165, 1.54) is 0 Å². The van der Waals surface area contributed by atoms with Crippen LogP contribution >= 0.6 is 0 Å². The van der Waals surface area contributed by atoms with Crippen LogP contribution in [0.2, 0.25) is 0 Å². The van der Waals surface area contributed by atoms with Gasteiger partial charge in [0.1, 0.15) is 0 Å². The monoisotopic (exact) mass is 122 g/mol. The molecule has 1 N–H and O–H groups in total. The van der Waals surface area contributed by atoms with Gasteiger partial charge in [0.15, 0.2) is 0 Å². The van der Waals surface area contributed by atoms with Crippen molar-refractivity contribution in [3.8, 4) is 0 Å². The van der Waals surface area contributed by atoms with Crippen molar-refractivity contribution in [1.29, 1.82) is 0 Å². The number of carbonyl (C=O) groups is 1. The Morgan fingerprint density at radius 1 is 1.71 bits per heavy atom. The van der Waals surface area contributed by atoms with E-state index in [1.807, 2.05) is 0 Å². The fraction of sp³-hybridized carbons (Fsp3) is 0. The quantitative estimate of drug-likeness (QED) is 0.311. The molecule has 6 heteroatoms. The fourth-order valence-corrected chi connectivity index (χ4v) is 0.179. The van der Waals surface area contributed by atoms with Crippen LogP contribution in [-0.2, 0) is 16.1 Å². The summed E-state index contributed by atoms with van der Waals surface area (Å²) in [4.78, 5) is 9.20. The molecule has 0 spiro atoms. The third kappa shape index (κ3) is 5.38. The van der Waals surface area contributed by atoms with Gasteiger partial charge >= 0.3 is 11.3 Å². The lowest BCUT2D eigenvalue weighted by Gasteiger charge is -1.68. The summed E-state index contributed by atoms with van der Waals surface area (Å²) in [7, 11) is 0. The van der Waals surface area contributed by atoms with Gasteiger partial charge in [-0.2, -0.15) is 0 Å². The summed E-state index contributed by atoms with van der Waals surface area (Å²) >= 11 is -2.34. The van der Waals surface area contributed by atoms with Gasteiger partial charge in [-0.25, -0.2) is 4.21 Å². The van der Waals surface area contributed by atoms with Crippen molar-refractivity contribution in [3.63, 3.8) is 0 Å². The Bertz CT molecular complexity index is 110. The molecule has 0 bridgehead atoms. The number of amides is 1. The van der Waals surface area contributed by atoms with E-state index in [0.29, 0.717) is 0 Å². The average molecular weight is 122 g/mol. The van der Waals surface area contributed by atoms with E-state index in [9.17, 15) is 9.00 Å². The summed E-state index contributed by atoms with van der Waals surface area (Å²) in [6.07, 6.45) is 0.0775. The van der Waals surface area contributed by atoms with E-state index < -0.39 is 11.3 Å². The highest BCUT2D eigenvalue weighted by atomic mass is 32.2. The average Bonchev–Trinajstić information content (AvgIpc) is 1.61. The first-order valence-electron chi connectivity index (χ1n) is 1.23. The molecule has 1 amide bonds. The van der Waals surface area contributed by atoms with Crippen LogP contribution in [-0.4, -0.2) is 15.2 Å². The van der Waals surface area contributed by atoms with Gasteiger partial charge in [0.05, 0.1) is 0 Å². The summed E-state index contributed by atoms with van der Waals surface area (Å²) in [6.45, 7) is 0. The maximum Gasteiger partial charge on any atom is 0.301 e. The van der Waals surface area contributed by atoms with Gasteiger partial charge in [0.25, 0.3) is 6.41 Å². The summed E-state index contributed by atoms with van der Waals surface area (Å²) in [6, 6.07) is 0. The van der Waals surface area contributed by atoms with E-state index in [2.05, 4.69) is 9.63 Å². The lowest BCUT2D eigenvalue weighted by Crippen LogP contribution is -1.74. The molecule has 0 aliphatic rings. The summed E-state index contributed by atoms with van der Waals surface area (Å²) in [5.74, 6) is 0. The van der Waals surface area contributed by atoms with Gasteiger partial charge in [-0.3, -0.25) is 9.35 Å². The van der Waals surface area contributed by atoms with Crippen molar-refractivity contribution in [2.75, 3.05) is 0 Å². The second-order valence-corrected chi connectivity index (χ2v) is 1.16. The number of rotatable bonds is 2. The molecule has 1 atom stereocenters. The Kier molecular flexibility index (Phi) is 3.25. The Morgan fingerprint density at radius 3 is 2.43 bits per heavy atom. The molecule has 40 valence electrons. The third-order valence-corrected chi connectivity index (χ3v) is 0.398. The largest absolute Gasteiger partial charge is 0.301 e. The lowest BCUT2D eigenvalue weighted by atomic mass is 11.5. The molecule has 5 nitrogen and oxygen atoms in total. The predicted octanol–water partition coefficient (Wildman–Crippen LogP) is -0.268. The molecule has 0 aliphatic carbocycles. The van der Waals surface area contributed by atoms with E-state index in [4.69, 9.17) is 4.55 Å². The maximum atomic E-state index is 9.45. The van der Waals surface area contributed by atoms with Gasteiger partial charge in [0.2, 0.25) is 0 Å². The minimum absolute atomic E-state index is 0.0775. The Hall–Kier alpha value is -0.620. The first kappa shape index (κ1) is 6.38. The van der Waals surface area contributed by atoms with Crippen LogP contribution in [0, 0.1) is 0 Å². The molecule has 0 aromatic rings. The Balaban J connectivity index is 3.46. The Labute approximate surface area is 41.9 Å². The van der Waals surface area contributed by atoms with Crippen LogP contribution < -0.4 is 0 Å². The van der Waals surface area contributed by atoms with Crippen LogP contribution in [0.4, 0.5) is 0 Å². The molecular weight excluding hydrogens is 120 g/mol. The van der Waals surface area contributed by atoms with E-state index in [1.54, 1.807) is 0 Å². The van der Waals surface area contributed by atoms with Gasteiger partial charge in [-0.15, -0.1) is 5.11 Å². The molecule has 0 fully saturated rings. The minimum atomic E-state index is -2.34. The van der Waals surface area contributed by atoms with E-state index >= 15 is 0 Å². The normalized spacial score (nSPS) is 14.4. The van der Waals surface area contributed by atoms with Gasteiger partial charge in [-0.05, 0) is 0 Å². The molecule has 0 rings (SSSR count). The SMILES string of the molecule is O=CN=NS(=O)O. The van der Waals surface area contributed by atoms with Crippen molar-refractivity contribution in [2.24, 2.45) is 9.63 Å². The van der Waals surface area contributed by atoms with Crippen LogP contribution in [0.25, 0.3) is 0 Å². The molecule has 0 heterocycles. The molecule has 0 saturated carbocycles. The second kappa shape index (κ2) is 3.57. The standard InChI is InChI=1S/CH2N2O3S/c4-1-2-3-7(5)6/h1H,(H,5,6). The second-order valence-electron chi connectivity index (χ2n) is 0.533. The van der Waals surface area contributed by atoms with Crippen LogP contribution in [0.15, 0.2) is 9.63 Å². The number of hydrogen-bond acceptors (Lipinski definition) is 2. The summed E-state index contributed by atoms with van der Waals surface area (Å²) < 4.78 is 19.7. The van der Waals surface area contributed by atoms with Crippen molar-refractivity contribution >= 4 is 17.7 Å². The van der Waals surface area contributed by atoms with Gasteiger partial charge in [0, 0.05) is 0 Å². The molecule has 1 unspecified atom stereocenters. The molecular formula is CH2N2O3S. The highest BCUT2D eigenvalue weighted by Gasteiger charge is 1.77. The summed E-state index contributed by atoms with van der Waals surface area (Å²) in [5, 5.41) is 2.57. The zero-order valence-corrected chi connectivity index (χ0v) is 3.96. The van der Waals surface area contributed by atoms with Gasteiger partial charge < -0.3 is 0 Å². The molecule has 0 radical (unpaired) electrons. The van der Waals surface area contributed by atoms with E-state index in [0.717, 1.165) is 0 Å². The maximum absolute atomic E-state index is 9.45. The number of nitrogens with zero attached hydrogens (tertiary/aromatic N) is 2. The Morgan fingerprint density at radius 2 is 2.29 bits per heavy atom.